The summed E-state index contributed by atoms with van der Waals surface area (Å²) < 4.78 is 23.8. The van der Waals surface area contributed by atoms with Gasteiger partial charge in [-0.25, -0.2) is 8.42 Å². The molecule has 4 nitrogen and oxygen atoms in total. The normalized spacial score (nSPS) is 20.7. The second-order valence-corrected chi connectivity index (χ2v) is 8.91. The molecule has 1 fully saturated rings. The van der Waals surface area contributed by atoms with Gasteiger partial charge in [-0.15, -0.1) is 11.3 Å². The van der Waals surface area contributed by atoms with E-state index in [9.17, 15) is 13.2 Å². The molecule has 0 bridgehead atoms. The maximum Gasteiger partial charge on any atom is 0.244 e. The number of thiophene rings is 1. The van der Waals surface area contributed by atoms with Gasteiger partial charge < -0.3 is 5.32 Å². The van der Waals surface area contributed by atoms with Crippen molar-refractivity contribution in [1.82, 2.24) is 5.32 Å². The van der Waals surface area contributed by atoms with E-state index in [4.69, 9.17) is 11.6 Å². The van der Waals surface area contributed by atoms with Gasteiger partial charge >= 0.3 is 0 Å². The molecule has 0 saturated carbocycles. The SMILES string of the molecule is O=C(/C=C/c1sc2ccccc2c1Cl)N[C@@H]1CCS(=O)(=O)C1. The van der Waals surface area contributed by atoms with Crippen molar-refractivity contribution in [2.45, 2.75) is 12.5 Å². The van der Waals surface area contributed by atoms with E-state index in [1.165, 1.54) is 17.4 Å². The van der Waals surface area contributed by atoms with Crippen LogP contribution in [0.25, 0.3) is 16.2 Å². The van der Waals surface area contributed by atoms with Crippen molar-refractivity contribution in [1.29, 1.82) is 0 Å². The second-order valence-electron chi connectivity index (χ2n) is 5.22. The zero-order valence-corrected chi connectivity index (χ0v) is 14.0. The van der Waals surface area contributed by atoms with Crippen molar-refractivity contribution in [3.8, 4) is 0 Å². The first-order valence-corrected chi connectivity index (χ1v) is 9.82. The molecule has 1 aromatic carbocycles. The number of carbonyl (C=O) groups is 1. The number of benzene rings is 1. The van der Waals surface area contributed by atoms with E-state index in [2.05, 4.69) is 5.32 Å². The van der Waals surface area contributed by atoms with Crippen LogP contribution in [0.3, 0.4) is 0 Å². The third kappa shape index (κ3) is 3.34. The number of nitrogens with one attached hydrogen (secondary N) is 1. The first-order valence-electron chi connectivity index (χ1n) is 6.81. The molecule has 2 aromatic rings. The summed E-state index contributed by atoms with van der Waals surface area (Å²) >= 11 is 7.81. The van der Waals surface area contributed by atoms with Gasteiger partial charge in [0.15, 0.2) is 9.84 Å². The van der Waals surface area contributed by atoms with Gasteiger partial charge in [-0.1, -0.05) is 29.8 Å². The van der Waals surface area contributed by atoms with Crippen molar-refractivity contribution in [2.24, 2.45) is 0 Å². The molecule has 7 heteroatoms. The van der Waals surface area contributed by atoms with E-state index in [0.717, 1.165) is 15.0 Å². The molecule has 0 aliphatic carbocycles. The van der Waals surface area contributed by atoms with Crippen molar-refractivity contribution >= 4 is 54.8 Å². The lowest BCUT2D eigenvalue weighted by Gasteiger charge is -2.07. The molecule has 0 spiro atoms. The molecule has 3 rings (SSSR count). The predicted molar refractivity (Wildman–Crippen MR) is 91.1 cm³/mol. The molecule has 1 atom stereocenters. The Morgan fingerprint density at radius 1 is 1.36 bits per heavy atom. The fraction of sp³-hybridized carbons (Fsp3) is 0.267. The molecule has 0 radical (unpaired) electrons. The van der Waals surface area contributed by atoms with Crippen LogP contribution in [0.4, 0.5) is 0 Å². The first kappa shape index (κ1) is 15.5. The van der Waals surface area contributed by atoms with E-state index in [0.29, 0.717) is 11.4 Å². The number of hydrogen-bond donors (Lipinski definition) is 1. The number of carbonyl (C=O) groups excluding carboxylic acids is 1. The first-order chi connectivity index (χ1) is 10.4. The van der Waals surface area contributed by atoms with E-state index in [1.54, 1.807) is 6.08 Å². The van der Waals surface area contributed by atoms with Gasteiger partial charge in [0.2, 0.25) is 5.91 Å². The lowest BCUT2D eigenvalue weighted by molar-refractivity contribution is -0.116. The smallest absolute Gasteiger partial charge is 0.244 e. The molecule has 2 heterocycles. The Labute approximate surface area is 137 Å². The van der Waals surface area contributed by atoms with Crippen LogP contribution >= 0.6 is 22.9 Å². The molecule has 1 aliphatic rings. The van der Waals surface area contributed by atoms with Gasteiger partial charge in [0.25, 0.3) is 0 Å². The third-order valence-corrected chi connectivity index (χ3v) is 6.95. The van der Waals surface area contributed by atoms with Gasteiger partial charge in [-0.05, 0) is 18.6 Å². The van der Waals surface area contributed by atoms with Gasteiger partial charge in [-0.3, -0.25) is 4.79 Å². The van der Waals surface area contributed by atoms with Crippen LogP contribution in [-0.2, 0) is 14.6 Å². The zero-order chi connectivity index (χ0) is 15.7. The summed E-state index contributed by atoms with van der Waals surface area (Å²) in [6, 6.07) is 7.49. The van der Waals surface area contributed by atoms with Crippen LogP contribution in [0.2, 0.25) is 5.02 Å². The van der Waals surface area contributed by atoms with E-state index < -0.39 is 9.84 Å². The van der Waals surface area contributed by atoms with Crippen LogP contribution in [0, 0.1) is 0 Å². The van der Waals surface area contributed by atoms with Crippen molar-refractivity contribution in [2.75, 3.05) is 11.5 Å². The van der Waals surface area contributed by atoms with E-state index in [1.807, 2.05) is 24.3 Å². The number of fused-ring (bicyclic) bond motifs is 1. The Hall–Kier alpha value is -1.37. The Bertz CT molecular complexity index is 855. The Balaban J connectivity index is 1.70. The van der Waals surface area contributed by atoms with E-state index in [-0.39, 0.29) is 23.5 Å². The average molecular weight is 356 g/mol. The average Bonchev–Trinajstić information content (AvgIpc) is 2.97. The highest BCUT2D eigenvalue weighted by Crippen LogP contribution is 2.35. The van der Waals surface area contributed by atoms with Crippen LogP contribution in [0.15, 0.2) is 30.3 Å². The van der Waals surface area contributed by atoms with Crippen molar-refractivity contribution < 1.29 is 13.2 Å². The monoisotopic (exact) mass is 355 g/mol. The standard InChI is InChI=1S/C15H14ClNO3S2/c16-15-11-3-1-2-4-12(11)21-13(15)5-6-14(18)17-10-7-8-22(19,20)9-10/h1-6,10H,7-9H2,(H,17,18)/b6-5+/t10-/m1/s1. The lowest BCUT2D eigenvalue weighted by Crippen LogP contribution is -2.34. The van der Waals surface area contributed by atoms with Gasteiger partial charge in [0, 0.05) is 27.1 Å². The third-order valence-electron chi connectivity index (χ3n) is 3.52. The Kier molecular flexibility index (Phi) is 4.25. The van der Waals surface area contributed by atoms with Crippen LogP contribution in [0.1, 0.15) is 11.3 Å². The minimum atomic E-state index is -2.99. The summed E-state index contributed by atoms with van der Waals surface area (Å²) in [5, 5.41) is 4.32. The minimum absolute atomic E-state index is 0.0240. The largest absolute Gasteiger partial charge is 0.349 e. The quantitative estimate of drug-likeness (QED) is 0.861. The highest BCUT2D eigenvalue weighted by molar-refractivity contribution is 7.91. The summed E-state index contributed by atoms with van der Waals surface area (Å²) in [5.74, 6) is -0.129. The zero-order valence-electron chi connectivity index (χ0n) is 11.6. The summed E-state index contributed by atoms with van der Waals surface area (Å²) in [5.41, 5.74) is 0. The molecular weight excluding hydrogens is 342 g/mol. The van der Waals surface area contributed by atoms with Crippen molar-refractivity contribution in [3.63, 3.8) is 0 Å². The molecule has 1 aromatic heterocycles. The highest BCUT2D eigenvalue weighted by Gasteiger charge is 2.28. The maximum atomic E-state index is 11.9. The fourth-order valence-corrected chi connectivity index (χ4v) is 5.52. The lowest BCUT2D eigenvalue weighted by atomic mass is 10.2. The molecule has 1 N–H and O–H groups in total. The van der Waals surface area contributed by atoms with Gasteiger partial charge in [0.05, 0.1) is 16.5 Å². The van der Waals surface area contributed by atoms with Gasteiger partial charge in [-0.2, -0.15) is 0 Å². The summed E-state index contributed by atoms with van der Waals surface area (Å²) in [6.45, 7) is 0. The molecular formula is C15H14ClNO3S2. The van der Waals surface area contributed by atoms with Crippen molar-refractivity contribution in [3.05, 3.63) is 40.2 Å². The number of rotatable bonds is 3. The Morgan fingerprint density at radius 2 is 2.14 bits per heavy atom. The minimum Gasteiger partial charge on any atom is -0.349 e. The fourth-order valence-electron chi connectivity index (χ4n) is 2.45. The summed E-state index contributed by atoms with van der Waals surface area (Å²) in [4.78, 5) is 12.7. The maximum absolute atomic E-state index is 11.9. The predicted octanol–water partition coefficient (Wildman–Crippen LogP) is 2.87. The van der Waals surface area contributed by atoms with Gasteiger partial charge in [0.1, 0.15) is 0 Å². The van der Waals surface area contributed by atoms with Crippen LogP contribution in [0.5, 0.6) is 0 Å². The molecule has 116 valence electrons. The molecule has 1 saturated heterocycles. The molecule has 22 heavy (non-hydrogen) atoms. The molecule has 0 unspecified atom stereocenters. The topological polar surface area (TPSA) is 63.2 Å². The second kappa shape index (κ2) is 6.02. The molecule has 1 amide bonds. The Morgan fingerprint density at radius 3 is 2.82 bits per heavy atom. The van der Waals surface area contributed by atoms with Crippen LogP contribution < -0.4 is 5.32 Å². The summed E-state index contributed by atoms with van der Waals surface area (Å²) in [7, 11) is -2.99. The number of hydrogen-bond acceptors (Lipinski definition) is 4. The summed E-state index contributed by atoms with van der Waals surface area (Å²) in [6.07, 6.45) is 3.55. The molecule has 1 aliphatic heterocycles. The number of halogens is 1. The number of sulfone groups is 1. The number of amides is 1. The van der Waals surface area contributed by atoms with Crippen LogP contribution in [-0.4, -0.2) is 31.9 Å². The van der Waals surface area contributed by atoms with E-state index >= 15 is 0 Å². The highest BCUT2D eigenvalue weighted by atomic mass is 35.5.